The molecule has 0 aromatic heterocycles. The molecule has 0 saturated carbocycles. The quantitative estimate of drug-likeness (QED) is 0.823. The van der Waals surface area contributed by atoms with Crippen molar-refractivity contribution >= 4 is 11.7 Å². The monoisotopic (exact) mass is 351 g/mol. The Morgan fingerprint density at radius 1 is 1.08 bits per heavy atom. The summed E-state index contributed by atoms with van der Waals surface area (Å²) >= 11 is 0. The highest BCUT2D eigenvalue weighted by molar-refractivity contribution is 5.97. The van der Waals surface area contributed by atoms with E-state index in [4.69, 9.17) is 0 Å². The standard InChI is InChI=1S/C15H11F6NO2/c16-14(17,18)9-3-1-2-8(4-9)13(24)22-11-5-10(15(19,20)21)6-12(23)7-11/h1-4,7,10H,5-6H2,(H,22,24). The lowest BCUT2D eigenvalue weighted by atomic mass is 9.90. The number of ketones is 1. The van der Waals surface area contributed by atoms with E-state index in [1.165, 1.54) is 0 Å². The van der Waals surface area contributed by atoms with Gasteiger partial charge in [0.25, 0.3) is 5.91 Å². The van der Waals surface area contributed by atoms with Crippen LogP contribution < -0.4 is 5.32 Å². The Morgan fingerprint density at radius 2 is 1.75 bits per heavy atom. The summed E-state index contributed by atoms with van der Waals surface area (Å²) in [5.41, 5.74) is -1.69. The molecule has 0 aliphatic heterocycles. The average molecular weight is 351 g/mol. The zero-order valence-corrected chi connectivity index (χ0v) is 12.0. The molecule has 0 saturated heterocycles. The molecule has 1 aromatic carbocycles. The molecule has 3 nitrogen and oxygen atoms in total. The maximum Gasteiger partial charge on any atom is 0.416 e. The van der Waals surface area contributed by atoms with Crippen molar-refractivity contribution in [1.29, 1.82) is 0 Å². The lowest BCUT2D eigenvalue weighted by Crippen LogP contribution is -2.33. The van der Waals surface area contributed by atoms with Crippen molar-refractivity contribution in [3.8, 4) is 0 Å². The number of nitrogens with one attached hydrogen (secondary N) is 1. The van der Waals surface area contributed by atoms with Gasteiger partial charge in [0.1, 0.15) is 0 Å². The van der Waals surface area contributed by atoms with Crippen LogP contribution in [-0.2, 0) is 11.0 Å². The summed E-state index contributed by atoms with van der Waals surface area (Å²) < 4.78 is 76.0. The van der Waals surface area contributed by atoms with Crippen LogP contribution in [-0.4, -0.2) is 17.9 Å². The molecule has 24 heavy (non-hydrogen) atoms. The van der Waals surface area contributed by atoms with E-state index in [0.29, 0.717) is 6.07 Å². The fourth-order valence-corrected chi connectivity index (χ4v) is 2.27. The SMILES string of the molecule is O=C1C=C(NC(=O)c2cccc(C(F)(F)F)c2)CC(C(F)(F)F)C1. The summed E-state index contributed by atoms with van der Waals surface area (Å²) in [6.07, 6.45) is -9.71. The number of hydrogen-bond acceptors (Lipinski definition) is 2. The van der Waals surface area contributed by atoms with Gasteiger partial charge < -0.3 is 5.32 Å². The lowest BCUT2D eigenvalue weighted by molar-refractivity contribution is -0.178. The smallest absolute Gasteiger partial charge is 0.326 e. The van der Waals surface area contributed by atoms with Crippen LogP contribution in [0.3, 0.4) is 0 Å². The summed E-state index contributed by atoms with van der Waals surface area (Å²) in [6, 6.07) is 3.45. The Kier molecular flexibility index (Phi) is 4.73. The Hall–Kier alpha value is -2.32. The minimum atomic E-state index is -4.66. The fourth-order valence-electron chi connectivity index (χ4n) is 2.27. The highest BCUT2D eigenvalue weighted by Crippen LogP contribution is 2.36. The van der Waals surface area contributed by atoms with Gasteiger partial charge in [0.05, 0.1) is 11.5 Å². The largest absolute Gasteiger partial charge is 0.416 e. The van der Waals surface area contributed by atoms with Crippen molar-refractivity contribution < 1.29 is 35.9 Å². The summed E-state index contributed by atoms with van der Waals surface area (Å²) in [4.78, 5) is 23.3. The highest BCUT2D eigenvalue weighted by Gasteiger charge is 2.42. The van der Waals surface area contributed by atoms with Gasteiger partial charge in [0.2, 0.25) is 0 Å². The molecular formula is C15H11F6NO2. The number of carbonyl (C=O) groups is 2. The van der Waals surface area contributed by atoms with Gasteiger partial charge in [0.15, 0.2) is 5.78 Å². The minimum absolute atomic E-state index is 0.268. The molecule has 0 radical (unpaired) electrons. The Bertz CT molecular complexity index is 690. The van der Waals surface area contributed by atoms with Gasteiger partial charge in [-0.15, -0.1) is 0 Å². The van der Waals surface area contributed by atoms with Crippen molar-refractivity contribution in [2.24, 2.45) is 5.92 Å². The van der Waals surface area contributed by atoms with E-state index in [0.717, 1.165) is 24.3 Å². The van der Waals surface area contributed by atoms with Gasteiger partial charge in [0, 0.05) is 23.8 Å². The second-order valence-electron chi connectivity index (χ2n) is 5.32. The fraction of sp³-hybridized carbons (Fsp3) is 0.333. The molecule has 0 heterocycles. The second-order valence-corrected chi connectivity index (χ2v) is 5.32. The first kappa shape index (κ1) is 18.0. The van der Waals surface area contributed by atoms with Crippen molar-refractivity contribution in [1.82, 2.24) is 5.32 Å². The van der Waals surface area contributed by atoms with Gasteiger partial charge in [-0.3, -0.25) is 9.59 Å². The third-order valence-electron chi connectivity index (χ3n) is 3.44. The maximum atomic E-state index is 12.7. The average Bonchev–Trinajstić information content (AvgIpc) is 2.45. The van der Waals surface area contributed by atoms with Gasteiger partial charge in [-0.05, 0) is 24.6 Å². The molecular weight excluding hydrogens is 340 g/mol. The molecule has 1 aromatic rings. The molecule has 9 heteroatoms. The number of carbonyl (C=O) groups excluding carboxylic acids is 2. The molecule has 0 bridgehead atoms. The van der Waals surface area contributed by atoms with Crippen LogP contribution in [0.2, 0.25) is 0 Å². The predicted molar refractivity (Wildman–Crippen MR) is 70.8 cm³/mol. The van der Waals surface area contributed by atoms with Crippen molar-refractivity contribution in [3.63, 3.8) is 0 Å². The number of halogens is 6. The molecule has 1 atom stereocenters. The molecule has 1 aliphatic rings. The molecule has 1 N–H and O–H groups in total. The first-order valence-electron chi connectivity index (χ1n) is 6.75. The normalized spacial score (nSPS) is 19.0. The van der Waals surface area contributed by atoms with Crippen LogP contribution in [0.4, 0.5) is 26.3 Å². The number of benzene rings is 1. The molecule has 1 unspecified atom stereocenters. The summed E-state index contributed by atoms with van der Waals surface area (Å²) in [5, 5.41) is 2.08. The first-order valence-corrected chi connectivity index (χ1v) is 6.75. The van der Waals surface area contributed by atoms with Crippen molar-refractivity contribution in [2.75, 3.05) is 0 Å². The van der Waals surface area contributed by atoms with Crippen molar-refractivity contribution in [3.05, 3.63) is 47.2 Å². The molecule has 130 valence electrons. The van der Waals surface area contributed by atoms with E-state index >= 15 is 0 Å². The maximum absolute atomic E-state index is 12.7. The third-order valence-corrected chi connectivity index (χ3v) is 3.44. The van der Waals surface area contributed by atoms with E-state index in [2.05, 4.69) is 5.32 Å². The molecule has 0 spiro atoms. The van der Waals surface area contributed by atoms with E-state index in [1.807, 2.05) is 0 Å². The first-order chi connectivity index (χ1) is 11.0. The Morgan fingerprint density at radius 3 is 2.33 bits per heavy atom. The van der Waals surface area contributed by atoms with Gasteiger partial charge in [-0.25, -0.2) is 0 Å². The summed E-state index contributed by atoms with van der Waals surface area (Å²) in [5.74, 6) is -3.74. The summed E-state index contributed by atoms with van der Waals surface area (Å²) in [7, 11) is 0. The Balaban J connectivity index is 2.16. The van der Waals surface area contributed by atoms with E-state index in [9.17, 15) is 35.9 Å². The topological polar surface area (TPSA) is 46.2 Å². The van der Waals surface area contributed by atoms with Crippen LogP contribution in [0, 0.1) is 5.92 Å². The van der Waals surface area contributed by atoms with Crippen LogP contribution >= 0.6 is 0 Å². The minimum Gasteiger partial charge on any atom is -0.326 e. The number of rotatable bonds is 2. The van der Waals surface area contributed by atoms with E-state index in [1.54, 1.807) is 0 Å². The number of amides is 1. The highest BCUT2D eigenvalue weighted by atomic mass is 19.4. The zero-order valence-electron chi connectivity index (χ0n) is 12.0. The molecule has 2 rings (SSSR count). The van der Waals surface area contributed by atoms with Crippen LogP contribution in [0.1, 0.15) is 28.8 Å². The zero-order chi connectivity index (χ0) is 18.1. The predicted octanol–water partition coefficient (Wildman–Crippen LogP) is 3.86. The molecule has 1 amide bonds. The Labute approximate surface area is 132 Å². The van der Waals surface area contributed by atoms with Crippen LogP contribution in [0.25, 0.3) is 0 Å². The van der Waals surface area contributed by atoms with Crippen molar-refractivity contribution in [2.45, 2.75) is 25.2 Å². The lowest BCUT2D eigenvalue weighted by Gasteiger charge is -2.24. The molecule has 0 fully saturated rings. The van der Waals surface area contributed by atoms with Crippen LogP contribution in [0.15, 0.2) is 36.0 Å². The van der Waals surface area contributed by atoms with Gasteiger partial charge in [-0.1, -0.05) is 6.07 Å². The molecule has 1 aliphatic carbocycles. The number of allylic oxidation sites excluding steroid dienone is 2. The van der Waals surface area contributed by atoms with E-state index in [-0.39, 0.29) is 11.3 Å². The van der Waals surface area contributed by atoms with Gasteiger partial charge in [-0.2, -0.15) is 26.3 Å². The van der Waals surface area contributed by atoms with Gasteiger partial charge >= 0.3 is 12.4 Å². The summed E-state index contributed by atoms with van der Waals surface area (Å²) in [6.45, 7) is 0. The second kappa shape index (κ2) is 6.29. The number of hydrogen-bond donors (Lipinski definition) is 1. The van der Waals surface area contributed by atoms with E-state index < -0.39 is 48.4 Å². The number of alkyl halides is 6. The third kappa shape index (κ3) is 4.36. The van der Waals surface area contributed by atoms with Crippen LogP contribution in [0.5, 0.6) is 0 Å².